The predicted molar refractivity (Wildman–Crippen MR) is 66.5 cm³/mol. The van der Waals surface area contributed by atoms with Crippen molar-refractivity contribution in [1.29, 1.82) is 0 Å². The summed E-state index contributed by atoms with van der Waals surface area (Å²) in [5.74, 6) is 0.622. The van der Waals surface area contributed by atoms with Crippen molar-refractivity contribution >= 4 is 35.2 Å². The third-order valence-corrected chi connectivity index (χ3v) is 3.26. The fourth-order valence-corrected chi connectivity index (χ4v) is 2.49. The van der Waals surface area contributed by atoms with Gasteiger partial charge < -0.3 is 14.4 Å². The summed E-state index contributed by atoms with van der Waals surface area (Å²) in [6.45, 7) is 3.85. The third-order valence-electron chi connectivity index (χ3n) is 2.57. The Morgan fingerprint density at radius 3 is 3.06 bits per heavy atom. The zero-order valence-electron chi connectivity index (χ0n) is 8.81. The van der Waals surface area contributed by atoms with Crippen LogP contribution in [0.2, 0.25) is 0 Å². The van der Waals surface area contributed by atoms with Gasteiger partial charge in [-0.05, 0) is 24.4 Å². The van der Waals surface area contributed by atoms with Crippen LogP contribution in [0.5, 0.6) is 5.75 Å². The van der Waals surface area contributed by atoms with Gasteiger partial charge in [0, 0.05) is 9.94 Å². The number of ether oxygens (including phenoxy) is 1. The summed E-state index contributed by atoms with van der Waals surface area (Å²) in [6, 6.07) is 3.66. The van der Waals surface area contributed by atoms with Gasteiger partial charge in [-0.2, -0.15) is 0 Å². The molecule has 1 heterocycles. The Morgan fingerprint density at radius 2 is 2.44 bits per heavy atom. The Labute approximate surface area is 103 Å². The molecule has 1 N–H and O–H groups in total. The number of methoxy groups -OCH3 is 1. The smallest absolute Gasteiger partial charge is 0.495 e. The van der Waals surface area contributed by atoms with Crippen LogP contribution in [0.1, 0.15) is 11.7 Å². The zero-order chi connectivity index (χ0) is 11.7. The highest BCUT2D eigenvalue weighted by Crippen LogP contribution is 2.33. The van der Waals surface area contributed by atoms with Gasteiger partial charge in [0.05, 0.1) is 19.8 Å². The van der Waals surface area contributed by atoms with Crippen LogP contribution < -0.4 is 10.2 Å². The fourth-order valence-electron chi connectivity index (χ4n) is 1.89. The van der Waals surface area contributed by atoms with Crippen LogP contribution in [0, 0.1) is 0 Å². The minimum atomic E-state index is -0.964. The lowest BCUT2D eigenvalue weighted by Gasteiger charge is -2.11. The van der Waals surface area contributed by atoms with Crippen molar-refractivity contribution in [3.05, 3.63) is 22.2 Å². The monoisotopic (exact) mass is 283 g/mol. The molecule has 1 atom stereocenters. The summed E-state index contributed by atoms with van der Waals surface area (Å²) < 4.78 is 11.5. The third kappa shape index (κ3) is 1.77. The van der Waals surface area contributed by atoms with Gasteiger partial charge in [-0.3, -0.25) is 4.99 Å². The SMILES string of the molecule is C=NC[C@H]1OB(O)c2c(OC)ccc(Br)c21. The van der Waals surface area contributed by atoms with E-state index >= 15 is 0 Å². The molecule has 0 saturated heterocycles. The molecule has 2 rings (SSSR count). The Bertz CT molecular complexity index is 427. The summed E-state index contributed by atoms with van der Waals surface area (Å²) in [5, 5.41) is 9.83. The Kier molecular flexibility index (Phi) is 3.32. The van der Waals surface area contributed by atoms with Crippen LogP contribution in [-0.2, 0) is 4.65 Å². The van der Waals surface area contributed by atoms with Crippen molar-refractivity contribution in [1.82, 2.24) is 0 Å². The minimum absolute atomic E-state index is 0.271. The van der Waals surface area contributed by atoms with Gasteiger partial charge in [-0.25, -0.2) is 0 Å². The van der Waals surface area contributed by atoms with E-state index in [4.69, 9.17) is 9.39 Å². The standard InChI is InChI=1S/C10H11BBrNO3/c1-13-5-8-9-6(12)3-4-7(15-2)10(9)11(14)16-8/h3-4,8,14H,1,5H2,2H3/t8-/m1/s1. The summed E-state index contributed by atoms with van der Waals surface area (Å²) in [4.78, 5) is 3.80. The van der Waals surface area contributed by atoms with Gasteiger partial charge in [0.15, 0.2) is 0 Å². The zero-order valence-corrected chi connectivity index (χ0v) is 10.4. The van der Waals surface area contributed by atoms with Gasteiger partial charge >= 0.3 is 7.12 Å². The van der Waals surface area contributed by atoms with Gasteiger partial charge in [0.2, 0.25) is 0 Å². The highest BCUT2D eigenvalue weighted by molar-refractivity contribution is 9.10. The largest absolute Gasteiger partial charge is 0.497 e. The highest BCUT2D eigenvalue weighted by Gasteiger charge is 2.39. The number of halogens is 1. The molecule has 84 valence electrons. The molecule has 0 aromatic heterocycles. The molecule has 1 aromatic rings. The second kappa shape index (κ2) is 4.57. The van der Waals surface area contributed by atoms with Crippen LogP contribution >= 0.6 is 15.9 Å². The van der Waals surface area contributed by atoms with Crippen molar-refractivity contribution in [2.24, 2.45) is 4.99 Å². The molecule has 0 unspecified atom stereocenters. The Balaban J connectivity index is 2.53. The quantitative estimate of drug-likeness (QED) is 0.663. The molecule has 1 aliphatic heterocycles. The Morgan fingerprint density at radius 1 is 1.69 bits per heavy atom. The lowest BCUT2D eigenvalue weighted by Crippen LogP contribution is -2.29. The van der Waals surface area contributed by atoms with E-state index in [1.165, 1.54) is 0 Å². The number of rotatable bonds is 3. The molecule has 4 nitrogen and oxygen atoms in total. The first-order valence-electron chi connectivity index (χ1n) is 4.81. The van der Waals surface area contributed by atoms with E-state index in [9.17, 15) is 5.02 Å². The topological polar surface area (TPSA) is 51.0 Å². The minimum Gasteiger partial charge on any atom is -0.497 e. The lowest BCUT2D eigenvalue weighted by atomic mass is 9.78. The van der Waals surface area contributed by atoms with E-state index < -0.39 is 7.12 Å². The van der Waals surface area contributed by atoms with Crippen LogP contribution in [0.25, 0.3) is 0 Å². The molecule has 0 spiro atoms. The number of hydrogen-bond donors (Lipinski definition) is 1. The van der Waals surface area contributed by atoms with E-state index in [2.05, 4.69) is 27.6 Å². The number of benzene rings is 1. The van der Waals surface area contributed by atoms with E-state index in [1.54, 1.807) is 13.2 Å². The van der Waals surface area contributed by atoms with Crippen LogP contribution in [0.15, 0.2) is 21.6 Å². The first-order chi connectivity index (χ1) is 7.69. The average molecular weight is 284 g/mol. The van der Waals surface area contributed by atoms with Crippen molar-refractivity contribution in [2.75, 3.05) is 13.7 Å². The fraction of sp³-hybridized carbons (Fsp3) is 0.300. The van der Waals surface area contributed by atoms with Crippen molar-refractivity contribution in [3.63, 3.8) is 0 Å². The molecule has 1 aromatic carbocycles. The van der Waals surface area contributed by atoms with Crippen molar-refractivity contribution < 1.29 is 14.4 Å². The van der Waals surface area contributed by atoms with E-state index in [0.29, 0.717) is 17.8 Å². The number of nitrogens with zero attached hydrogens (tertiary/aromatic N) is 1. The first-order valence-corrected chi connectivity index (χ1v) is 5.60. The molecule has 0 aliphatic carbocycles. The molecular weight excluding hydrogens is 273 g/mol. The lowest BCUT2D eigenvalue weighted by molar-refractivity contribution is 0.198. The molecule has 16 heavy (non-hydrogen) atoms. The molecule has 0 saturated carbocycles. The summed E-state index contributed by atoms with van der Waals surface area (Å²) >= 11 is 3.44. The second-order valence-corrected chi connectivity index (χ2v) is 4.31. The maximum absolute atomic E-state index is 9.83. The summed E-state index contributed by atoms with van der Waals surface area (Å²) in [5.41, 5.74) is 1.56. The van der Waals surface area contributed by atoms with Gasteiger partial charge in [-0.1, -0.05) is 15.9 Å². The molecule has 0 bridgehead atoms. The van der Waals surface area contributed by atoms with E-state index in [-0.39, 0.29) is 6.10 Å². The van der Waals surface area contributed by atoms with Crippen LogP contribution in [0.3, 0.4) is 0 Å². The molecular formula is C10H11BBrNO3. The van der Waals surface area contributed by atoms with E-state index in [0.717, 1.165) is 10.0 Å². The molecule has 1 aliphatic rings. The molecule has 6 heteroatoms. The maximum Gasteiger partial charge on any atom is 0.495 e. The number of hydrogen-bond acceptors (Lipinski definition) is 4. The Hall–Kier alpha value is -0.845. The van der Waals surface area contributed by atoms with Crippen molar-refractivity contribution in [3.8, 4) is 5.75 Å². The van der Waals surface area contributed by atoms with Gasteiger partial charge in [0.1, 0.15) is 5.75 Å². The molecule has 0 fully saturated rings. The van der Waals surface area contributed by atoms with E-state index in [1.807, 2.05) is 6.07 Å². The van der Waals surface area contributed by atoms with Crippen LogP contribution in [-0.4, -0.2) is 32.5 Å². The highest BCUT2D eigenvalue weighted by atomic mass is 79.9. The predicted octanol–water partition coefficient (Wildman–Crippen LogP) is 0.917. The second-order valence-electron chi connectivity index (χ2n) is 3.46. The van der Waals surface area contributed by atoms with Gasteiger partial charge in [-0.15, -0.1) is 0 Å². The number of fused-ring (bicyclic) bond motifs is 1. The number of aliphatic imine (C=N–C) groups is 1. The molecule has 0 amide bonds. The van der Waals surface area contributed by atoms with Gasteiger partial charge in [0.25, 0.3) is 0 Å². The summed E-state index contributed by atoms with van der Waals surface area (Å²) in [6.07, 6.45) is -0.271. The normalized spacial score (nSPS) is 18.4. The van der Waals surface area contributed by atoms with Crippen LogP contribution in [0.4, 0.5) is 0 Å². The first kappa shape index (κ1) is 11.6. The molecule has 0 radical (unpaired) electrons. The summed E-state index contributed by atoms with van der Waals surface area (Å²) in [7, 11) is 0.601. The van der Waals surface area contributed by atoms with Crippen molar-refractivity contribution in [2.45, 2.75) is 6.10 Å². The maximum atomic E-state index is 9.83. The average Bonchev–Trinajstić information content (AvgIpc) is 2.59.